The van der Waals surface area contributed by atoms with E-state index in [-0.39, 0.29) is 35.6 Å². The molecule has 25 heavy (non-hydrogen) atoms. The average Bonchev–Trinajstić information content (AvgIpc) is 2.94. The zero-order valence-corrected chi connectivity index (χ0v) is 14.5. The van der Waals surface area contributed by atoms with E-state index < -0.39 is 10.0 Å². The minimum atomic E-state index is -3.71. The highest BCUT2D eigenvalue weighted by atomic mass is 32.2. The Morgan fingerprint density at radius 3 is 2.04 bits per heavy atom. The molecular weight excluding hydrogens is 340 g/mol. The molecule has 1 aliphatic rings. The molecule has 0 unspecified atom stereocenters. The summed E-state index contributed by atoms with van der Waals surface area (Å²) in [6.45, 7) is 1.77. The van der Waals surface area contributed by atoms with Crippen LogP contribution in [0.3, 0.4) is 0 Å². The molecule has 3 rings (SSSR count). The van der Waals surface area contributed by atoms with E-state index in [0.717, 1.165) is 10.5 Å². The van der Waals surface area contributed by atoms with E-state index in [1.807, 2.05) is 30.3 Å². The molecule has 0 aliphatic carbocycles. The Labute approximate surface area is 146 Å². The van der Waals surface area contributed by atoms with Crippen LogP contribution in [-0.4, -0.2) is 20.2 Å². The lowest BCUT2D eigenvalue weighted by atomic mass is 10.1. The van der Waals surface area contributed by atoms with Crippen molar-refractivity contribution in [3.8, 4) is 0 Å². The van der Waals surface area contributed by atoms with Gasteiger partial charge in [0.25, 0.3) is 0 Å². The third-order valence-corrected chi connectivity index (χ3v) is 5.64. The topological polar surface area (TPSA) is 83.6 Å². The van der Waals surface area contributed by atoms with Crippen molar-refractivity contribution in [1.82, 2.24) is 4.72 Å². The number of sulfonamides is 1. The predicted molar refractivity (Wildman–Crippen MR) is 93.3 cm³/mol. The smallest absolute Gasteiger partial charge is 0.241 e. The van der Waals surface area contributed by atoms with E-state index in [4.69, 9.17) is 0 Å². The van der Waals surface area contributed by atoms with Gasteiger partial charge in [-0.05, 0) is 36.8 Å². The number of nitrogens with zero attached hydrogens (tertiary/aromatic N) is 1. The summed E-state index contributed by atoms with van der Waals surface area (Å²) in [5.74, 6) is -0.534. The number of hydrogen-bond acceptors (Lipinski definition) is 4. The lowest BCUT2D eigenvalue weighted by Gasteiger charge is -2.16. The van der Waals surface area contributed by atoms with Crippen molar-refractivity contribution in [3.05, 3.63) is 60.2 Å². The first-order chi connectivity index (χ1) is 11.9. The second kappa shape index (κ2) is 6.78. The number of anilines is 1. The molecule has 6 nitrogen and oxygen atoms in total. The first-order valence-corrected chi connectivity index (χ1v) is 9.40. The van der Waals surface area contributed by atoms with E-state index in [1.54, 1.807) is 6.92 Å². The fourth-order valence-electron chi connectivity index (χ4n) is 2.75. The highest BCUT2D eigenvalue weighted by molar-refractivity contribution is 7.89. The Hall–Kier alpha value is -2.51. The Kier molecular flexibility index (Phi) is 4.69. The molecule has 2 aromatic rings. The summed E-state index contributed by atoms with van der Waals surface area (Å²) < 4.78 is 27.7. The molecule has 0 radical (unpaired) electrons. The molecule has 1 saturated heterocycles. The van der Waals surface area contributed by atoms with Crippen molar-refractivity contribution in [3.63, 3.8) is 0 Å². The molecule has 1 fully saturated rings. The summed E-state index contributed by atoms with van der Waals surface area (Å²) in [7, 11) is -3.71. The second-order valence-corrected chi connectivity index (χ2v) is 7.58. The molecule has 0 spiro atoms. The van der Waals surface area contributed by atoms with Crippen molar-refractivity contribution in [2.24, 2.45) is 0 Å². The number of benzene rings is 2. The molecule has 0 bridgehead atoms. The Balaban J connectivity index is 1.79. The van der Waals surface area contributed by atoms with Crippen LogP contribution in [0.5, 0.6) is 0 Å². The molecule has 1 heterocycles. The number of imide groups is 1. The fourth-order valence-corrected chi connectivity index (χ4v) is 3.98. The van der Waals surface area contributed by atoms with Crippen molar-refractivity contribution in [2.75, 3.05) is 4.90 Å². The summed E-state index contributed by atoms with van der Waals surface area (Å²) >= 11 is 0. The molecule has 1 atom stereocenters. The Morgan fingerprint density at radius 2 is 1.48 bits per heavy atom. The van der Waals surface area contributed by atoms with Crippen LogP contribution in [0.2, 0.25) is 0 Å². The monoisotopic (exact) mass is 358 g/mol. The maximum atomic E-state index is 12.5. The van der Waals surface area contributed by atoms with Crippen LogP contribution in [-0.2, 0) is 19.6 Å². The summed E-state index contributed by atoms with van der Waals surface area (Å²) in [6.07, 6.45) is 0.379. The number of carbonyl (C=O) groups is 2. The third-order valence-electron chi connectivity index (χ3n) is 4.09. The minimum absolute atomic E-state index is 0.0816. The van der Waals surface area contributed by atoms with Crippen LogP contribution in [0.25, 0.3) is 0 Å². The molecule has 0 aromatic heterocycles. The third kappa shape index (κ3) is 3.62. The maximum Gasteiger partial charge on any atom is 0.241 e. The van der Waals surface area contributed by atoms with Gasteiger partial charge in [0.05, 0.1) is 10.6 Å². The van der Waals surface area contributed by atoms with Gasteiger partial charge in [0.15, 0.2) is 0 Å². The zero-order chi connectivity index (χ0) is 18.0. The molecule has 130 valence electrons. The highest BCUT2D eigenvalue weighted by Gasteiger charge is 2.30. The summed E-state index contributed by atoms with van der Waals surface area (Å²) in [5.41, 5.74) is 1.25. The largest absolute Gasteiger partial charge is 0.274 e. The first kappa shape index (κ1) is 17.3. The molecule has 7 heteroatoms. The van der Waals surface area contributed by atoms with Crippen molar-refractivity contribution in [2.45, 2.75) is 30.7 Å². The van der Waals surface area contributed by atoms with Gasteiger partial charge in [0.2, 0.25) is 21.8 Å². The van der Waals surface area contributed by atoms with Crippen LogP contribution in [0.4, 0.5) is 5.69 Å². The number of carbonyl (C=O) groups excluding carboxylic acids is 2. The van der Waals surface area contributed by atoms with Gasteiger partial charge in [-0.3, -0.25) is 14.5 Å². The Morgan fingerprint density at radius 1 is 0.920 bits per heavy atom. The van der Waals surface area contributed by atoms with E-state index in [2.05, 4.69) is 4.72 Å². The SMILES string of the molecule is C[C@H](NS(=O)(=O)c1ccc(N2C(=O)CCC2=O)cc1)c1ccccc1. The molecule has 1 aliphatic heterocycles. The molecular formula is C18H18N2O4S. The lowest BCUT2D eigenvalue weighted by molar-refractivity contribution is -0.121. The van der Waals surface area contributed by atoms with Crippen LogP contribution in [0.1, 0.15) is 31.4 Å². The van der Waals surface area contributed by atoms with Crippen LogP contribution in [0, 0.1) is 0 Å². The molecule has 2 amide bonds. The standard InChI is InChI=1S/C18H18N2O4S/c1-13(14-5-3-2-4-6-14)19-25(23,24)16-9-7-15(8-10-16)20-17(21)11-12-18(20)22/h2-10,13,19H,11-12H2,1H3/t13-/m0/s1. The minimum Gasteiger partial charge on any atom is -0.274 e. The predicted octanol–water partition coefficient (Wildman–Crippen LogP) is 2.38. The van der Waals surface area contributed by atoms with E-state index in [1.165, 1.54) is 24.3 Å². The number of rotatable bonds is 5. The van der Waals surface area contributed by atoms with Gasteiger partial charge >= 0.3 is 0 Å². The molecule has 2 aromatic carbocycles. The van der Waals surface area contributed by atoms with Crippen LogP contribution < -0.4 is 9.62 Å². The van der Waals surface area contributed by atoms with Crippen molar-refractivity contribution < 1.29 is 18.0 Å². The van der Waals surface area contributed by atoms with Gasteiger partial charge in [0, 0.05) is 18.9 Å². The normalized spacial score (nSPS) is 16.3. The van der Waals surface area contributed by atoms with Crippen molar-refractivity contribution >= 4 is 27.5 Å². The zero-order valence-electron chi connectivity index (χ0n) is 13.7. The molecule has 1 N–H and O–H groups in total. The molecule has 0 saturated carbocycles. The number of amides is 2. The number of hydrogen-bond donors (Lipinski definition) is 1. The summed E-state index contributed by atoms with van der Waals surface area (Å²) in [5, 5.41) is 0. The maximum absolute atomic E-state index is 12.5. The highest BCUT2D eigenvalue weighted by Crippen LogP contribution is 2.24. The summed E-state index contributed by atoms with van der Waals surface area (Å²) in [6, 6.07) is 14.6. The summed E-state index contributed by atoms with van der Waals surface area (Å²) in [4.78, 5) is 24.7. The van der Waals surface area contributed by atoms with Gasteiger partial charge in [-0.1, -0.05) is 30.3 Å². The van der Waals surface area contributed by atoms with Gasteiger partial charge in [0.1, 0.15) is 0 Å². The second-order valence-electron chi connectivity index (χ2n) is 5.87. The van der Waals surface area contributed by atoms with E-state index in [0.29, 0.717) is 5.69 Å². The van der Waals surface area contributed by atoms with Crippen LogP contribution >= 0.6 is 0 Å². The van der Waals surface area contributed by atoms with Gasteiger partial charge < -0.3 is 0 Å². The first-order valence-electron chi connectivity index (χ1n) is 7.91. The van der Waals surface area contributed by atoms with Gasteiger partial charge in [-0.25, -0.2) is 13.1 Å². The lowest BCUT2D eigenvalue weighted by Crippen LogP contribution is -2.29. The quantitative estimate of drug-likeness (QED) is 0.832. The van der Waals surface area contributed by atoms with Crippen LogP contribution in [0.15, 0.2) is 59.5 Å². The van der Waals surface area contributed by atoms with Crippen molar-refractivity contribution in [1.29, 1.82) is 0 Å². The van der Waals surface area contributed by atoms with Gasteiger partial charge in [-0.2, -0.15) is 0 Å². The van der Waals surface area contributed by atoms with E-state index in [9.17, 15) is 18.0 Å². The average molecular weight is 358 g/mol. The fraction of sp³-hybridized carbons (Fsp3) is 0.222. The van der Waals surface area contributed by atoms with Gasteiger partial charge in [-0.15, -0.1) is 0 Å². The van der Waals surface area contributed by atoms with E-state index >= 15 is 0 Å². The Bertz CT molecular complexity index is 876. The number of nitrogens with one attached hydrogen (secondary N) is 1.